The summed E-state index contributed by atoms with van der Waals surface area (Å²) < 4.78 is 32.7. The number of thiophene rings is 1. The second kappa shape index (κ2) is 6.47. The Morgan fingerprint density at radius 3 is 2.56 bits per heavy atom. The number of hydrogen-bond donors (Lipinski definition) is 0. The second-order valence-corrected chi connectivity index (χ2v) is 8.52. The molecule has 0 fully saturated rings. The highest BCUT2D eigenvalue weighted by molar-refractivity contribution is 9.11. The van der Waals surface area contributed by atoms with E-state index in [1.165, 1.54) is 15.6 Å². The minimum Gasteiger partial charge on any atom is -0.383 e. The van der Waals surface area contributed by atoms with Crippen molar-refractivity contribution in [3.63, 3.8) is 0 Å². The SMILES string of the molecule is CCN(C(C)COC)S(=O)(=O)c1cc(C)c(Br)s1. The molecule has 1 heterocycles. The Morgan fingerprint density at radius 2 is 2.17 bits per heavy atom. The quantitative estimate of drug-likeness (QED) is 0.788. The van der Waals surface area contributed by atoms with Crippen LogP contribution in [0.2, 0.25) is 0 Å². The van der Waals surface area contributed by atoms with E-state index in [2.05, 4.69) is 15.9 Å². The van der Waals surface area contributed by atoms with Gasteiger partial charge in [0.2, 0.25) is 0 Å². The highest BCUT2D eigenvalue weighted by Crippen LogP contribution is 2.32. The number of ether oxygens (including phenoxy) is 1. The van der Waals surface area contributed by atoms with Gasteiger partial charge in [0, 0.05) is 19.7 Å². The molecule has 1 atom stereocenters. The maximum Gasteiger partial charge on any atom is 0.252 e. The Labute approximate surface area is 121 Å². The summed E-state index contributed by atoms with van der Waals surface area (Å²) in [5.41, 5.74) is 0.939. The van der Waals surface area contributed by atoms with Gasteiger partial charge < -0.3 is 4.74 Å². The van der Waals surface area contributed by atoms with E-state index < -0.39 is 10.0 Å². The van der Waals surface area contributed by atoms with Gasteiger partial charge in [-0.25, -0.2) is 8.42 Å². The zero-order valence-corrected chi connectivity index (χ0v) is 14.2. The molecule has 4 nitrogen and oxygen atoms in total. The maximum atomic E-state index is 12.5. The van der Waals surface area contributed by atoms with Crippen molar-refractivity contribution in [2.45, 2.75) is 31.0 Å². The molecule has 1 aromatic heterocycles. The van der Waals surface area contributed by atoms with Gasteiger partial charge in [-0.1, -0.05) is 6.92 Å². The summed E-state index contributed by atoms with van der Waals surface area (Å²) in [6, 6.07) is 1.53. The van der Waals surface area contributed by atoms with Crippen molar-refractivity contribution in [1.82, 2.24) is 4.31 Å². The van der Waals surface area contributed by atoms with Gasteiger partial charge in [-0.2, -0.15) is 4.31 Å². The van der Waals surface area contributed by atoms with Crippen LogP contribution in [0.15, 0.2) is 14.1 Å². The van der Waals surface area contributed by atoms with Gasteiger partial charge in [0.25, 0.3) is 10.0 Å². The van der Waals surface area contributed by atoms with Gasteiger partial charge in [0.15, 0.2) is 0 Å². The molecule has 0 aliphatic rings. The fourth-order valence-electron chi connectivity index (χ4n) is 1.72. The van der Waals surface area contributed by atoms with E-state index in [9.17, 15) is 8.42 Å². The van der Waals surface area contributed by atoms with E-state index in [0.717, 1.165) is 9.35 Å². The van der Waals surface area contributed by atoms with Crippen molar-refractivity contribution in [3.8, 4) is 0 Å². The molecule has 0 bridgehead atoms. The molecule has 1 unspecified atom stereocenters. The van der Waals surface area contributed by atoms with Crippen LogP contribution in [0, 0.1) is 6.92 Å². The molecule has 104 valence electrons. The topological polar surface area (TPSA) is 46.6 Å². The molecular formula is C11H18BrNO3S2. The van der Waals surface area contributed by atoms with Crippen molar-refractivity contribution in [2.75, 3.05) is 20.3 Å². The molecule has 18 heavy (non-hydrogen) atoms. The van der Waals surface area contributed by atoms with Gasteiger partial charge in [-0.15, -0.1) is 11.3 Å². The number of hydrogen-bond acceptors (Lipinski definition) is 4. The van der Waals surface area contributed by atoms with Crippen LogP contribution in [-0.2, 0) is 14.8 Å². The lowest BCUT2D eigenvalue weighted by Crippen LogP contribution is -2.40. The molecule has 0 radical (unpaired) electrons. The van der Waals surface area contributed by atoms with Gasteiger partial charge in [0.1, 0.15) is 4.21 Å². The van der Waals surface area contributed by atoms with Crippen LogP contribution in [0.25, 0.3) is 0 Å². The van der Waals surface area contributed by atoms with Crippen LogP contribution >= 0.6 is 27.3 Å². The summed E-state index contributed by atoms with van der Waals surface area (Å²) in [6.45, 7) is 6.38. The molecular weight excluding hydrogens is 338 g/mol. The number of rotatable bonds is 6. The highest BCUT2D eigenvalue weighted by Gasteiger charge is 2.29. The molecule has 0 aromatic carbocycles. The smallest absolute Gasteiger partial charge is 0.252 e. The van der Waals surface area contributed by atoms with Crippen molar-refractivity contribution < 1.29 is 13.2 Å². The molecule has 0 saturated heterocycles. The average Bonchev–Trinajstić information content (AvgIpc) is 2.61. The number of nitrogens with zero attached hydrogens (tertiary/aromatic N) is 1. The van der Waals surface area contributed by atoms with Gasteiger partial charge in [-0.05, 0) is 41.4 Å². The molecule has 1 aromatic rings. The number of aryl methyl sites for hydroxylation is 1. The average molecular weight is 356 g/mol. The van der Waals surface area contributed by atoms with Crippen molar-refractivity contribution in [3.05, 3.63) is 15.4 Å². The van der Waals surface area contributed by atoms with Gasteiger partial charge in [-0.3, -0.25) is 0 Å². The van der Waals surface area contributed by atoms with Crippen LogP contribution < -0.4 is 0 Å². The standard InChI is InChI=1S/C11H18BrNO3S2/c1-5-13(9(3)7-16-4)18(14,15)10-6-8(2)11(12)17-10/h6,9H,5,7H2,1-4H3. The highest BCUT2D eigenvalue weighted by atomic mass is 79.9. The first-order valence-corrected chi connectivity index (χ1v) is 8.66. The number of sulfonamides is 1. The van der Waals surface area contributed by atoms with Crippen LogP contribution in [-0.4, -0.2) is 39.0 Å². The van der Waals surface area contributed by atoms with E-state index >= 15 is 0 Å². The van der Waals surface area contributed by atoms with E-state index in [1.807, 2.05) is 20.8 Å². The molecule has 0 amide bonds. The Morgan fingerprint density at radius 1 is 1.56 bits per heavy atom. The van der Waals surface area contributed by atoms with Crippen LogP contribution in [0.1, 0.15) is 19.4 Å². The lowest BCUT2D eigenvalue weighted by molar-refractivity contribution is 0.143. The lowest BCUT2D eigenvalue weighted by atomic mass is 10.4. The number of methoxy groups -OCH3 is 1. The molecule has 0 aliphatic carbocycles. The summed E-state index contributed by atoms with van der Waals surface area (Å²) in [5.74, 6) is 0. The number of likely N-dealkylation sites (N-methyl/N-ethyl adjacent to an activating group) is 1. The monoisotopic (exact) mass is 355 g/mol. The fourth-order valence-corrected chi connectivity index (χ4v) is 5.70. The third-order valence-corrected chi connectivity index (χ3v) is 7.28. The summed E-state index contributed by atoms with van der Waals surface area (Å²) >= 11 is 4.60. The first-order chi connectivity index (χ1) is 8.34. The van der Waals surface area contributed by atoms with E-state index in [-0.39, 0.29) is 6.04 Å². The number of halogens is 1. The first-order valence-electron chi connectivity index (χ1n) is 5.61. The Kier molecular flexibility index (Phi) is 5.79. The van der Waals surface area contributed by atoms with Crippen molar-refractivity contribution >= 4 is 37.3 Å². The zero-order valence-electron chi connectivity index (χ0n) is 10.9. The molecule has 0 saturated carbocycles. The van der Waals surface area contributed by atoms with E-state index in [0.29, 0.717) is 17.4 Å². The molecule has 0 aliphatic heterocycles. The minimum absolute atomic E-state index is 0.175. The Hall–Kier alpha value is 0.0500. The summed E-state index contributed by atoms with van der Waals surface area (Å²) in [6.07, 6.45) is 0. The Balaban J connectivity index is 3.10. The third-order valence-electron chi connectivity index (χ3n) is 2.61. The van der Waals surface area contributed by atoms with Crippen molar-refractivity contribution in [1.29, 1.82) is 0 Å². The summed E-state index contributed by atoms with van der Waals surface area (Å²) in [5, 5.41) is 0. The third kappa shape index (κ3) is 3.33. The fraction of sp³-hybridized carbons (Fsp3) is 0.636. The van der Waals surface area contributed by atoms with Crippen LogP contribution in [0.4, 0.5) is 0 Å². The van der Waals surface area contributed by atoms with E-state index in [4.69, 9.17) is 4.74 Å². The molecule has 0 N–H and O–H groups in total. The first kappa shape index (κ1) is 16.1. The van der Waals surface area contributed by atoms with E-state index in [1.54, 1.807) is 13.2 Å². The predicted molar refractivity (Wildman–Crippen MR) is 77.7 cm³/mol. The molecule has 7 heteroatoms. The predicted octanol–water partition coefficient (Wildman–Crippen LogP) is 2.86. The maximum absolute atomic E-state index is 12.5. The van der Waals surface area contributed by atoms with Crippen molar-refractivity contribution in [2.24, 2.45) is 0 Å². The van der Waals surface area contributed by atoms with Gasteiger partial charge >= 0.3 is 0 Å². The summed E-state index contributed by atoms with van der Waals surface area (Å²) in [4.78, 5) is 0. The Bertz CT molecular complexity index is 479. The minimum atomic E-state index is -3.43. The molecule has 1 rings (SSSR count). The second-order valence-electron chi connectivity index (χ2n) is 4.03. The largest absolute Gasteiger partial charge is 0.383 e. The van der Waals surface area contributed by atoms with Crippen LogP contribution in [0.5, 0.6) is 0 Å². The summed E-state index contributed by atoms with van der Waals surface area (Å²) in [7, 11) is -1.86. The van der Waals surface area contributed by atoms with Gasteiger partial charge in [0.05, 0.1) is 10.4 Å². The van der Waals surface area contributed by atoms with Crippen LogP contribution in [0.3, 0.4) is 0 Å². The normalized spacial score (nSPS) is 14.1. The molecule has 0 spiro atoms. The zero-order chi connectivity index (χ0) is 13.9. The lowest BCUT2D eigenvalue weighted by Gasteiger charge is -2.25.